The van der Waals surface area contributed by atoms with Gasteiger partial charge in [-0.05, 0) is 54.6 Å². The smallest absolute Gasteiger partial charge is 0.251 e. The van der Waals surface area contributed by atoms with Gasteiger partial charge in [0.1, 0.15) is 12.4 Å². The van der Waals surface area contributed by atoms with Gasteiger partial charge in [0, 0.05) is 33.6 Å². The normalized spacial score (nSPS) is 12.0. The maximum Gasteiger partial charge on any atom is 0.251 e. The molecule has 0 aliphatic carbocycles. The summed E-state index contributed by atoms with van der Waals surface area (Å²) in [7, 11) is 0. The summed E-state index contributed by atoms with van der Waals surface area (Å²) in [6, 6.07) is 21.7. The number of hydrogen-bond acceptors (Lipinski definition) is 6. The van der Waals surface area contributed by atoms with Crippen molar-refractivity contribution in [1.29, 1.82) is 0 Å². The van der Waals surface area contributed by atoms with E-state index in [1.807, 2.05) is 36.4 Å². The summed E-state index contributed by atoms with van der Waals surface area (Å²) in [5.41, 5.74) is 4.01. The Balaban J connectivity index is 1.23. The Kier molecular flexibility index (Phi) is 6.77. The molecule has 2 amide bonds. The summed E-state index contributed by atoms with van der Waals surface area (Å²) in [4.78, 5) is 33.7. The van der Waals surface area contributed by atoms with Crippen molar-refractivity contribution in [1.82, 2.24) is 15.3 Å². The second kappa shape index (κ2) is 10.5. The highest BCUT2D eigenvalue weighted by Crippen LogP contribution is 2.34. The summed E-state index contributed by atoms with van der Waals surface area (Å²) >= 11 is 6.11. The number of rotatable bonds is 7. The van der Waals surface area contributed by atoms with Crippen molar-refractivity contribution < 1.29 is 14.3 Å². The number of carbonyl (C=O) groups is 2. The van der Waals surface area contributed by atoms with Gasteiger partial charge in [-0.15, -0.1) is 0 Å². The highest BCUT2D eigenvalue weighted by atomic mass is 35.5. The van der Waals surface area contributed by atoms with Crippen LogP contribution < -0.4 is 20.7 Å². The predicted molar refractivity (Wildman–Crippen MR) is 139 cm³/mol. The number of anilines is 3. The van der Waals surface area contributed by atoms with Gasteiger partial charge in [0.15, 0.2) is 0 Å². The van der Waals surface area contributed by atoms with Crippen LogP contribution >= 0.6 is 11.6 Å². The fourth-order valence-electron chi connectivity index (χ4n) is 3.81. The number of para-hydroxylation sites is 1. The van der Waals surface area contributed by atoms with Crippen LogP contribution in [0.3, 0.4) is 0 Å². The molecule has 0 bridgehead atoms. The first-order chi connectivity index (χ1) is 17.5. The van der Waals surface area contributed by atoms with Crippen molar-refractivity contribution in [3.63, 3.8) is 0 Å². The van der Waals surface area contributed by atoms with E-state index in [9.17, 15) is 9.59 Å². The zero-order valence-corrected chi connectivity index (χ0v) is 19.9. The molecular formula is C27H22ClN5O3. The van der Waals surface area contributed by atoms with Crippen LogP contribution in [0.2, 0.25) is 5.02 Å². The molecule has 3 aromatic carbocycles. The fourth-order valence-corrected chi connectivity index (χ4v) is 3.98. The Morgan fingerprint density at radius 3 is 2.67 bits per heavy atom. The zero-order valence-electron chi connectivity index (χ0n) is 19.1. The van der Waals surface area contributed by atoms with E-state index in [1.54, 1.807) is 42.6 Å². The van der Waals surface area contributed by atoms with E-state index in [-0.39, 0.29) is 18.2 Å². The zero-order chi connectivity index (χ0) is 24.9. The molecule has 0 radical (unpaired) electrons. The quantitative estimate of drug-likeness (QED) is 0.314. The topological polar surface area (TPSA) is 105 Å². The van der Waals surface area contributed by atoms with Gasteiger partial charge in [-0.3, -0.25) is 9.59 Å². The van der Waals surface area contributed by atoms with Gasteiger partial charge in [-0.2, -0.15) is 0 Å². The molecule has 5 rings (SSSR count). The standard InChI is InChI=1S/C27H22ClN5O3/c28-19-8-11-22-23(15-19)32-24(34)14-18-16-30-27(33-25(18)22)31-20-9-6-17(7-10-20)26(35)29-12-13-36-21-4-2-1-3-5-21/h1-11,15-16H,12-14H2,(H,29,35)(H,32,34)(H,30,31,33). The first kappa shape index (κ1) is 23.3. The second-order valence-corrected chi connectivity index (χ2v) is 8.54. The molecule has 0 atom stereocenters. The molecule has 1 aliphatic heterocycles. The summed E-state index contributed by atoms with van der Waals surface area (Å²) in [6.07, 6.45) is 1.81. The van der Waals surface area contributed by atoms with Crippen molar-refractivity contribution in [2.24, 2.45) is 0 Å². The number of hydrogen-bond donors (Lipinski definition) is 3. The first-order valence-electron chi connectivity index (χ1n) is 11.3. The highest BCUT2D eigenvalue weighted by Gasteiger charge is 2.21. The Labute approximate surface area is 212 Å². The van der Waals surface area contributed by atoms with Crippen LogP contribution in [0.5, 0.6) is 5.75 Å². The maximum absolute atomic E-state index is 12.4. The van der Waals surface area contributed by atoms with E-state index >= 15 is 0 Å². The van der Waals surface area contributed by atoms with Gasteiger partial charge in [0.25, 0.3) is 5.91 Å². The molecule has 1 aromatic heterocycles. The molecule has 3 N–H and O–H groups in total. The van der Waals surface area contributed by atoms with E-state index in [0.29, 0.717) is 41.1 Å². The Morgan fingerprint density at radius 2 is 1.86 bits per heavy atom. The molecular weight excluding hydrogens is 478 g/mol. The molecule has 0 saturated carbocycles. The molecule has 0 unspecified atom stereocenters. The van der Waals surface area contributed by atoms with Crippen LogP contribution in [0.15, 0.2) is 79.0 Å². The molecule has 4 aromatic rings. The monoisotopic (exact) mass is 499 g/mol. The lowest BCUT2D eigenvalue weighted by Gasteiger charge is -2.11. The van der Waals surface area contributed by atoms with Crippen molar-refractivity contribution in [2.75, 3.05) is 23.8 Å². The van der Waals surface area contributed by atoms with Gasteiger partial charge in [-0.1, -0.05) is 29.8 Å². The molecule has 2 heterocycles. The number of ether oxygens (including phenoxy) is 1. The van der Waals surface area contributed by atoms with E-state index in [4.69, 9.17) is 16.3 Å². The van der Waals surface area contributed by atoms with Gasteiger partial charge in [-0.25, -0.2) is 9.97 Å². The first-order valence-corrected chi connectivity index (χ1v) is 11.7. The van der Waals surface area contributed by atoms with E-state index < -0.39 is 0 Å². The third-order valence-electron chi connectivity index (χ3n) is 5.53. The minimum Gasteiger partial charge on any atom is -0.492 e. The summed E-state index contributed by atoms with van der Waals surface area (Å²) in [5.74, 6) is 0.797. The average Bonchev–Trinajstić information content (AvgIpc) is 3.02. The Bertz CT molecular complexity index is 1410. The number of amides is 2. The Hall–Kier alpha value is -4.43. The number of benzene rings is 3. The Morgan fingerprint density at radius 1 is 1.06 bits per heavy atom. The predicted octanol–water partition coefficient (Wildman–Crippen LogP) is 4.84. The van der Waals surface area contributed by atoms with Crippen molar-refractivity contribution in [3.05, 3.63) is 95.1 Å². The second-order valence-electron chi connectivity index (χ2n) is 8.10. The molecule has 8 nitrogen and oxygen atoms in total. The van der Waals surface area contributed by atoms with Crippen LogP contribution in [-0.2, 0) is 11.2 Å². The van der Waals surface area contributed by atoms with Gasteiger partial charge in [0.2, 0.25) is 11.9 Å². The minimum absolute atomic E-state index is 0.151. The molecule has 0 fully saturated rings. The lowest BCUT2D eigenvalue weighted by atomic mass is 10.1. The van der Waals surface area contributed by atoms with Crippen LogP contribution in [0, 0.1) is 0 Å². The van der Waals surface area contributed by atoms with Crippen LogP contribution in [0.25, 0.3) is 11.3 Å². The van der Waals surface area contributed by atoms with Crippen LogP contribution in [-0.4, -0.2) is 34.9 Å². The van der Waals surface area contributed by atoms with E-state index in [0.717, 1.165) is 22.6 Å². The van der Waals surface area contributed by atoms with Crippen molar-refractivity contribution in [2.45, 2.75) is 6.42 Å². The number of fused-ring (bicyclic) bond motifs is 3. The van der Waals surface area contributed by atoms with Gasteiger partial charge < -0.3 is 20.7 Å². The van der Waals surface area contributed by atoms with Gasteiger partial charge >= 0.3 is 0 Å². The number of halogens is 1. The third-order valence-corrected chi connectivity index (χ3v) is 5.76. The molecule has 36 heavy (non-hydrogen) atoms. The summed E-state index contributed by atoms with van der Waals surface area (Å²) < 4.78 is 5.59. The van der Waals surface area contributed by atoms with Crippen molar-refractivity contribution in [3.8, 4) is 17.0 Å². The summed E-state index contributed by atoms with van der Waals surface area (Å²) in [5, 5.41) is 9.39. The molecule has 180 valence electrons. The number of nitrogens with one attached hydrogen (secondary N) is 3. The molecule has 9 heteroatoms. The fraction of sp³-hybridized carbons (Fsp3) is 0.111. The number of carbonyl (C=O) groups excluding carboxylic acids is 2. The van der Waals surface area contributed by atoms with Crippen LogP contribution in [0.1, 0.15) is 15.9 Å². The maximum atomic E-state index is 12.4. The number of nitrogens with zero attached hydrogens (tertiary/aromatic N) is 2. The average molecular weight is 500 g/mol. The third kappa shape index (κ3) is 5.45. The lowest BCUT2D eigenvalue weighted by molar-refractivity contribution is -0.115. The van der Waals surface area contributed by atoms with Crippen LogP contribution in [0.4, 0.5) is 17.3 Å². The molecule has 1 aliphatic rings. The lowest BCUT2D eigenvalue weighted by Crippen LogP contribution is -2.28. The number of aromatic nitrogens is 2. The van der Waals surface area contributed by atoms with E-state index in [2.05, 4.69) is 25.9 Å². The SMILES string of the molecule is O=C1Cc2cnc(Nc3ccc(C(=O)NCCOc4ccccc4)cc3)nc2-c2ccc(Cl)cc2N1. The van der Waals surface area contributed by atoms with E-state index in [1.165, 1.54) is 0 Å². The minimum atomic E-state index is -0.188. The molecule has 0 saturated heterocycles. The molecule has 0 spiro atoms. The largest absolute Gasteiger partial charge is 0.492 e. The van der Waals surface area contributed by atoms with Gasteiger partial charge in [0.05, 0.1) is 24.3 Å². The summed E-state index contributed by atoms with van der Waals surface area (Å²) in [6.45, 7) is 0.766. The highest BCUT2D eigenvalue weighted by molar-refractivity contribution is 6.31. The van der Waals surface area contributed by atoms with Crippen molar-refractivity contribution >= 4 is 40.7 Å².